The molecule has 0 aliphatic heterocycles. The van der Waals surface area contributed by atoms with Crippen LogP contribution in [0.15, 0.2) is 18.2 Å². The van der Waals surface area contributed by atoms with Crippen molar-refractivity contribution in [3.8, 4) is 5.75 Å². The SMILES string of the molecule is CCc1ccc(OC)c(CS(=O)(=O)CC(=O)O)c1. The van der Waals surface area contributed by atoms with E-state index in [0.717, 1.165) is 12.0 Å². The molecule has 0 aliphatic carbocycles. The molecule has 18 heavy (non-hydrogen) atoms. The van der Waals surface area contributed by atoms with Crippen molar-refractivity contribution in [2.75, 3.05) is 12.9 Å². The number of benzene rings is 1. The fourth-order valence-corrected chi connectivity index (χ4v) is 2.82. The van der Waals surface area contributed by atoms with Gasteiger partial charge in [0.15, 0.2) is 9.84 Å². The molecule has 0 spiro atoms. The van der Waals surface area contributed by atoms with Crippen LogP contribution in [-0.2, 0) is 26.8 Å². The lowest BCUT2D eigenvalue weighted by Crippen LogP contribution is -2.17. The number of carboxylic acids is 1. The van der Waals surface area contributed by atoms with Crippen LogP contribution < -0.4 is 4.74 Å². The summed E-state index contributed by atoms with van der Waals surface area (Å²) in [6.07, 6.45) is 0.774. The van der Waals surface area contributed by atoms with Gasteiger partial charge in [0.25, 0.3) is 0 Å². The first kappa shape index (κ1) is 14.5. The van der Waals surface area contributed by atoms with Gasteiger partial charge in [-0.05, 0) is 18.1 Å². The van der Waals surface area contributed by atoms with E-state index in [4.69, 9.17) is 9.84 Å². The minimum Gasteiger partial charge on any atom is -0.496 e. The third-order valence-corrected chi connectivity index (χ3v) is 3.91. The first-order valence-electron chi connectivity index (χ1n) is 5.46. The number of rotatable bonds is 6. The third-order valence-electron chi connectivity index (χ3n) is 2.47. The lowest BCUT2D eigenvalue weighted by Gasteiger charge is -2.10. The monoisotopic (exact) mass is 272 g/mol. The molecule has 1 rings (SSSR count). The van der Waals surface area contributed by atoms with Crippen LogP contribution in [0.25, 0.3) is 0 Å². The predicted octanol–water partition coefficient (Wildman–Crippen LogP) is 1.26. The Morgan fingerprint density at radius 1 is 1.39 bits per heavy atom. The highest BCUT2D eigenvalue weighted by molar-refractivity contribution is 7.91. The van der Waals surface area contributed by atoms with Crippen molar-refractivity contribution in [3.63, 3.8) is 0 Å². The molecule has 0 heterocycles. The molecule has 0 unspecified atom stereocenters. The molecule has 5 nitrogen and oxygen atoms in total. The lowest BCUT2D eigenvalue weighted by atomic mass is 10.1. The summed E-state index contributed by atoms with van der Waals surface area (Å²) in [6, 6.07) is 5.29. The molecule has 0 aromatic heterocycles. The fraction of sp³-hybridized carbons (Fsp3) is 0.417. The van der Waals surface area contributed by atoms with Crippen LogP contribution in [0.2, 0.25) is 0 Å². The smallest absolute Gasteiger partial charge is 0.318 e. The predicted molar refractivity (Wildman–Crippen MR) is 67.5 cm³/mol. The Balaban J connectivity index is 3.05. The van der Waals surface area contributed by atoms with E-state index in [1.165, 1.54) is 7.11 Å². The Morgan fingerprint density at radius 2 is 2.06 bits per heavy atom. The van der Waals surface area contributed by atoms with Gasteiger partial charge in [0.05, 0.1) is 12.9 Å². The van der Waals surface area contributed by atoms with Crippen LogP contribution in [0.3, 0.4) is 0 Å². The second-order valence-electron chi connectivity index (χ2n) is 3.93. The first-order chi connectivity index (χ1) is 8.38. The number of hydrogen-bond donors (Lipinski definition) is 1. The molecule has 0 fully saturated rings. The quantitative estimate of drug-likeness (QED) is 0.843. The van der Waals surface area contributed by atoms with Crippen LogP contribution >= 0.6 is 0 Å². The fourth-order valence-electron chi connectivity index (χ4n) is 1.64. The highest BCUT2D eigenvalue weighted by Gasteiger charge is 2.19. The van der Waals surface area contributed by atoms with Gasteiger partial charge in [-0.2, -0.15) is 0 Å². The van der Waals surface area contributed by atoms with Crippen molar-refractivity contribution in [1.29, 1.82) is 0 Å². The van der Waals surface area contributed by atoms with Crippen LogP contribution in [0.4, 0.5) is 0 Å². The molecule has 1 aromatic rings. The van der Waals surface area contributed by atoms with Gasteiger partial charge in [-0.15, -0.1) is 0 Å². The third kappa shape index (κ3) is 4.03. The average Bonchev–Trinajstić information content (AvgIpc) is 2.26. The number of aliphatic carboxylic acids is 1. The summed E-state index contributed by atoms with van der Waals surface area (Å²) in [7, 11) is -2.22. The summed E-state index contributed by atoms with van der Waals surface area (Å²) in [6.45, 7) is 1.96. The molecular weight excluding hydrogens is 256 g/mol. The number of ether oxygens (including phenoxy) is 1. The molecule has 0 amide bonds. The summed E-state index contributed by atoms with van der Waals surface area (Å²) < 4.78 is 28.4. The van der Waals surface area contributed by atoms with Crippen molar-refractivity contribution in [2.45, 2.75) is 19.1 Å². The maximum atomic E-state index is 11.6. The molecule has 1 N–H and O–H groups in total. The van der Waals surface area contributed by atoms with Gasteiger partial charge in [-0.25, -0.2) is 8.42 Å². The molecule has 0 radical (unpaired) electrons. The summed E-state index contributed by atoms with van der Waals surface area (Å²) in [4.78, 5) is 10.5. The Bertz CT molecular complexity index is 533. The summed E-state index contributed by atoms with van der Waals surface area (Å²) in [5.74, 6) is -2.08. The van der Waals surface area contributed by atoms with Crippen molar-refractivity contribution in [2.24, 2.45) is 0 Å². The first-order valence-corrected chi connectivity index (χ1v) is 7.28. The number of sulfone groups is 1. The number of hydrogen-bond acceptors (Lipinski definition) is 4. The molecular formula is C12H16O5S. The normalized spacial score (nSPS) is 11.2. The molecule has 0 atom stereocenters. The molecule has 6 heteroatoms. The average molecular weight is 272 g/mol. The zero-order valence-corrected chi connectivity index (χ0v) is 11.2. The minimum atomic E-state index is -3.67. The van der Waals surface area contributed by atoms with E-state index in [9.17, 15) is 13.2 Å². The highest BCUT2D eigenvalue weighted by Crippen LogP contribution is 2.22. The van der Waals surface area contributed by atoms with E-state index in [0.29, 0.717) is 11.3 Å². The van der Waals surface area contributed by atoms with Gasteiger partial charge in [-0.1, -0.05) is 19.1 Å². The van der Waals surface area contributed by atoms with Gasteiger partial charge in [0, 0.05) is 5.56 Å². The zero-order chi connectivity index (χ0) is 13.8. The molecule has 1 aromatic carbocycles. The van der Waals surface area contributed by atoms with E-state index in [1.807, 2.05) is 13.0 Å². The van der Waals surface area contributed by atoms with Crippen molar-refractivity contribution >= 4 is 15.8 Å². The van der Waals surface area contributed by atoms with Crippen molar-refractivity contribution < 1.29 is 23.1 Å². The Hall–Kier alpha value is -1.56. The van der Waals surface area contributed by atoms with E-state index >= 15 is 0 Å². The summed E-state index contributed by atoms with van der Waals surface area (Å²) >= 11 is 0. The van der Waals surface area contributed by atoms with Crippen molar-refractivity contribution in [3.05, 3.63) is 29.3 Å². The highest BCUT2D eigenvalue weighted by atomic mass is 32.2. The minimum absolute atomic E-state index is 0.323. The van der Waals surface area contributed by atoms with E-state index in [-0.39, 0.29) is 5.75 Å². The zero-order valence-electron chi connectivity index (χ0n) is 10.3. The van der Waals surface area contributed by atoms with Gasteiger partial charge in [0.1, 0.15) is 11.5 Å². The second-order valence-corrected chi connectivity index (χ2v) is 5.99. The number of methoxy groups -OCH3 is 1. The van der Waals surface area contributed by atoms with Crippen molar-refractivity contribution in [1.82, 2.24) is 0 Å². The van der Waals surface area contributed by atoms with Gasteiger partial charge >= 0.3 is 5.97 Å². The Morgan fingerprint density at radius 3 is 2.56 bits per heavy atom. The van der Waals surface area contributed by atoms with Crippen LogP contribution in [0.1, 0.15) is 18.1 Å². The van der Waals surface area contributed by atoms with E-state index in [1.54, 1.807) is 12.1 Å². The maximum Gasteiger partial charge on any atom is 0.318 e. The Kier molecular flexibility index (Phi) is 4.72. The summed E-state index contributed by atoms with van der Waals surface area (Å²) in [5, 5.41) is 8.54. The number of carboxylic acid groups (broad SMARTS) is 1. The van der Waals surface area contributed by atoms with Crippen LogP contribution in [0, 0.1) is 0 Å². The summed E-state index contributed by atoms with van der Waals surface area (Å²) in [5.41, 5.74) is 1.48. The van der Waals surface area contributed by atoms with E-state index in [2.05, 4.69) is 0 Å². The Labute approximate surface area is 106 Å². The number of carbonyl (C=O) groups is 1. The molecule has 0 aliphatic rings. The topological polar surface area (TPSA) is 80.7 Å². The van der Waals surface area contributed by atoms with Crippen LogP contribution in [-0.4, -0.2) is 32.4 Å². The molecule has 100 valence electrons. The number of aryl methyl sites for hydroxylation is 1. The van der Waals surface area contributed by atoms with Gasteiger partial charge < -0.3 is 9.84 Å². The lowest BCUT2D eigenvalue weighted by molar-refractivity contribution is -0.134. The maximum absolute atomic E-state index is 11.6. The standard InChI is InChI=1S/C12H16O5S/c1-3-9-4-5-11(17-2)10(6-9)7-18(15,16)8-12(13)14/h4-6H,3,7-8H2,1-2H3,(H,13,14). The van der Waals surface area contributed by atoms with Gasteiger partial charge in [0.2, 0.25) is 0 Å². The second kappa shape index (κ2) is 5.86. The molecule has 0 bridgehead atoms. The van der Waals surface area contributed by atoms with E-state index < -0.39 is 21.6 Å². The molecule has 0 saturated carbocycles. The largest absolute Gasteiger partial charge is 0.496 e. The van der Waals surface area contributed by atoms with Gasteiger partial charge in [-0.3, -0.25) is 4.79 Å². The molecule has 0 saturated heterocycles. The van der Waals surface area contributed by atoms with Crippen LogP contribution in [0.5, 0.6) is 5.75 Å².